The van der Waals surface area contributed by atoms with Crippen molar-refractivity contribution < 1.29 is 28.5 Å². The number of amides is 1. The van der Waals surface area contributed by atoms with Gasteiger partial charge in [-0.05, 0) is 42.0 Å². The lowest BCUT2D eigenvalue weighted by molar-refractivity contribution is -0.122. The molecule has 0 bridgehead atoms. The van der Waals surface area contributed by atoms with Crippen LogP contribution in [-0.2, 0) is 4.79 Å². The van der Waals surface area contributed by atoms with Crippen LogP contribution in [0.25, 0.3) is 11.0 Å². The largest absolute Gasteiger partial charge is 0.502 e. The second-order valence-electron chi connectivity index (χ2n) is 7.77. The smallest absolute Gasteiger partial charge is 0.344 e. The number of anilines is 1. The number of benzene rings is 3. The number of carbonyl (C=O) groups excluding carboxylic acids is 1. The minimum atomic E-state index is -1.09. The van der Waals surface area contributed by atoms with Gasteiger partial charge in [-0.3, -0.25) is 4.79 Å². The van der Waals surface area contributed by atoms with Gasteiger partial charge in [-0.1, -0.05) is 30.3 Å². The number of ether oxygens (including phenoxy) is 3. The molecule has 2 atom stereocenters. The van der Waals surface area contributed by atoms with Crippen LogP contribution < -0.4 is 25.2 Å². The summed E-state index contributed by atoms with van der Waals surface area (Å²) in [5.41, 5.74) is 1.03. The summed E-state index contributed by atoms with van der Waals surface area (Å²) in [6.45, 7) is 0. The highest BCUT2D eigenvalue weighted by atomic mass is 16.5. The van der Waals surface area contributed by atoms with Crippen LogP contribution in [0.2, 0.25) is 0 Å². The summed E-state index contributed by atoms with van der Waals surface area (Å²) < 4.78 is 22.3. The first-order valence-electron chi connectivity index (χ1n) is 10.5. The summed E-state index contributed by atoms with van der Waals surface area (Å²) >= 11 is 0. The van der Waals surface area contributed by atoms with E-state index in [2.05, 4.69) is 5.32 Å². The fraction of sp³-hybridized carbons (Fsp3) is 0.154. The average Bonchev–Trinajstić information content (AvgIpc) is 3.27. The maximum atomic E-state index is 13.4. The molecule has 2 N–H and O–H groups in total. The first kappa shape index (κ1) is 21.4. The van der Waals surface area contributed by atoms with Crippen LogP contribution in [0, 0.1) is 0 Å². The molecule has 0 unspecified atom stereocenters. The molecule has 0 fully saturated rings. The highest BCUT2D eigenvalue weighted by Crippen LogP contribution is 2.48. The summed E-state index contributed by atoms with van der Waals surface area (Å²) in [4.78, 5) is 26.5. The lowest BCUT2D eigenvalue weighted by Crippen LogP contribution is -2.35. The van der Waals surface area contributed by atoms with E-state index >= 15 is 0 Å². The molecule has 8 heteroatoms. The fourth-order valence-corrected chi connectivity index (χ4v) is 4.25. The van der Waals surface area contributed by atoms with Gasteiger partial charge in [0.15, 0.2) is 17.6 Å². The summed E-state index contributed by atoms with van der Waals surface area (Å²) in [6, 6.07) is 19.0. The van der Waals surface area contributed by atoms with Crippen LogP contribution in [0.3, 0.4) is 0 Å². The van der Waals surface area contributed by atoms with Crippen LogP contribution in [0.4, 0.5) is 5.69 Å². The van der Waals surface area contributed by atoms with Crippen molar-refractivity contribution in [2.45, 2.75) is 12.0 Å². The predicted octanol–water partition coefficient (Wildman–Crippen LogP) is 4.05. The van der Waals surface area contributed by atoms with E-state index < -0.39 is 23.6 Å². The van der Waals surface area contributed by atoms with E-state index in [1.807, 2.05) is 6.07 Å². The SMILES string of the molecule is COc1cc([C@@H]2c3c(c4ccccc4oc3=O)O[C@@H]2C(=O)Nc2ccccc2)cc(OC)c1O. The third-order valence-corrected chi connectivity index (χ3v) is 5.82. The van der Waals surface area contributed by atoms with Crippen molar-refractivity contribution in [3.63, 3.8) is 0 Å². The number of hydrogen-bond acceptors (Lipinski definition) is 7. The number of aromatic hydroxyl groups is 1. The van der Waals surface area contributed by atoms with Gasteiger partial charge in [0.05, 0.1) is 31.1 Å². The first-order chi connectivity index (χ1) is 16.5. The Morgan fingerprint density at radius 2 is 1.62 bits per heavy atom. The van der Waals surface area contributed by atoms with Gasteiger partial charge in [0.25, 0.3) is 5.91 Å². The van der Waals surface area contributed by atoms with Gasteiger partial charge in [-0.25, -0.2) is 4.79 Å². The minimum absolute atomic E-state index is 0.134. The van der Waals surface area contributed by atoms with E-state index in [-0.39, 0.29) is 28.6 Å². The molecule has 2 heterocycles. The fourth-order valence-electron chi connectivity index (χ4n) is 4.25. The van der Waals surface area contributed by atoms with Crippen LogP contribution >= 0.6 is 0 Å². The number of nitrogens with one attached hydrogen (secondary N) is 1. The normalized spacial score (nSPS) is 16.5. The quantitative estimate of drug-likeness (QED) is 0.434. The highest BCUT2D eigenvalue weighted by Gasteiger charge is 2.44. The lowest BCUT2D eigenvalue weighted by Gasteiger charge is -2.20. The number of fused-ring (bicyclic) bond motifs is 3. The molecular formula is C26H21NO7. The molecule has 0 saturated heterocycles. The first-order valence-corrected chi connectivity index (χ1v) is 10.5. The zero-order chi connectivity index (χ0) is 23.8. The maximum Gasteiger partial charge on any atom is 0.344 e. The Labute approximate surface area is 194 Å². The van der Waals surface area contributed by atoms with Crippen molar-refractivity contribution in [3.05, 3.63) is 88.3 Å². The molecule has 8 nitrogen and oxygen atoms in total. The molecule has 3 aromatic carbocycles. The Morgan fingerprint density at radius 3 is 2.29 bits per heavy atom. The molecule has 0 aliphatic carbocycles. The number of methoxy groups -OCH3 is 2. The van der Waals surface area contributed by atoms with Crippen molar-refractivity contribution in [2.75, 3.05) is 19.5 Å². The number of para-hydroxylation sites is 2. The zero-order valence-corrected chi connectivity index (χ0v) is 18.4. The number of carbonyl (C=O) groups is 1. The minimum Gasteiger partial charge on any atom is -0.502 e. The summed E-state index contributed by atoms with van der Waals surface area (Å²) in [6.07, 6.45) is -1.09. The van der Waals surface area contributed by atoms with E-state index in [0.717, 1.165) is 0 Å². The molecule has 1 aliphatic heterocycles. The second-order valence-corrected chi connectivity index (χ2v) is 7.77. The molecule has 1 amide bonds. The van der Waals surface area contributed by atoms with Gasteiger partial charge in [0.1, 0.15) is 11.3 Å². The van der Waals surface area contributed by atoms with Crippen LogP contribution in [0.1, 0.15) is 17.0 Å². The van der Waals surface area contributed by atoms with Crippen molar-refractivity contribution >= 4 is 22.6 Å². The van der Waals surface area contributed by atoms with Crippen LogP contribution in [-0.4, -0.2) is 31.3 Å². The van der Waals surface area contributed by atoms with Crippen molar-refractivity contribution in [1.82, 2.24) is 0 Å². The lowest BCUT2D eigenvalue weighted by atomic mass is 9.87. The highest BCUT2D eigenvalue weighted by molar-refractivity contribution is 5.97. The molecule has 0 saturated carbocycles. The summed E-state index contributed by atoms with van der Waals surface area (Å²) in [7, 11) is 2.80. The molecule has 1 aromatic heterocycles. The Morgan fingerprint density at radius 1 is 0.971 bits per heavy atom. The molecule has 4 aromatic rings. The third kappa shape index (κ3) is 3.49. The number of phenols is 1. The number of rotatable bonds is 5. The molecular weight excluding hydrogens is 438 g/mol. The van der Waals surface area contributed by atoms with Crippen molar-refractivity contribution in [2.24, 2.45) is 0 Å². The average molecular weight is 459 g/mol. The van der Waals surface area contributed by atoms with Crippen molar-refractivity contribution in [1.29, 1.82) is 0 Å². The van der Waals surface area contributed by atoms with Crippen molar-refractivity contribution in [3.8, 4) is 23.0 Å². The Balaban J connectivity index is 1.70. The molecule has 0 spiro atoms. The standard InChI is InChI=1S/C26H21NO7/c1-31-18-12-14(13-19(32-2)22(18)28)20-21-23(16-10-6-7-11-17(16)33-26(21)30)34-24(20)25(29)27-15-8-4-3-5-9-15/h3-13,20,24,28H,1-2H3,(H,27,29)/t20-,24+/m1/s1. The van der Waals surface area contributed by atoms with E-state index in [1.54, 1.807) is 60.7 Å². The molecule has 5 rings (SSSR count). The van der Waals surface area contributed by atoms with Gasteiger partial charge < -0.3 is 29.1 Å². The molecule has 34 heavy (non-hydrogen) atoms. The Bertz CT molecular complexity index is 1420. The van der Waals surface area contributed by atoms with Gasteiger partial charge in [0.2, 0.25) is 5.75 Å². The number of phenolic OH excluding ortho intramolecular Hbond substituents is 1. The molecule has 1 aliphatic rings. The van der Waals surface area contributed by atoms with Gasteiger partial charge in [-0.2, -0.15) is 0 Å². The molecule has 0 radical (unpaired) electrons. The summed E-state index contributed by atoms with van der Waals surface area (Å²) in [5, 5.41) is 13.8. The predicted molar refractivity (Wildman–Crippen MR) is 125 cm³/mol. The van der Waals surface area contributed by atoms with Gasteiger partial charge in [-0.15, -0.1) is 0 Å². The van der Waals surface area contributed by atoms with Gasteiger partial charge in [0, 0.05) is 5.69 Å². The van der Waals surface area contributed by atoms with E-state index in [9.17, 15) is 14.7 Å². The van der Waals surface area contributed by atoms with Crippen LogP contribution in [0.5, 0.6) is 23.0 Å². The number of hydrogen-bond donors (Lipinski definition) is 2. The van der Waals surface area contributed by atoms with E-state index in [4.69, 9.17) is 18.6 Å². The zero-order valence-electron chi connectivity index (χ0n) is 18.4. The second kappa shape index (κ2) is 8.47. The molecule has 172 valence electrons. The van der Waals surface area contributed by atoms with E-state index in [0.29, 0.717) is 22.2 Å². The Hall–Kier alpha value is -4.46. The maximum absolute atomic E-state index is 13.4. The monoisotopic (exact) mass is 459 g/mol. The Kier molecular flexibility index (Phi) is 5.33. The topological polar surface area (TPSA) is 107 Å². The summed E-state index contributed by atoms with van der Waals surface area (Å²) in [5.74, 6) is -0.921. The van der Waals surface area contributed by atoms with E-state index in [1.165, 1.54) is 14.2 Å². The third-order valence-electron chi connectivity index (χ3n) is 5.82. The van der Waals surface area contributed by atoms with Crippen LogP contribution in [0.15, 0.2) is 75.9 Å². The van der Waals surface area contributed by atoms with Gasteiger partial charge >= 0.3 is 5.63 Å².